The Bertz CT molecular complexity index is 358. The second-order valence-electron chi connectivity index (χ2n) is 4.19. The summed E-state index contributed by atoms with van der Waals surface area (Å²) in [5.74, 6) is 0.802. The number of carbonyl (C=O) groups is 1. The van der Waals surface area contributed by atoms with Gasteiger partial charge in [-0.05, 0) is 37.8 Å². The van der Waals surface area contributed by atoms with Crippen LogP contribution in [0.3, 0.4) is 0 Å². The third-order valence-corrected chi connectivity index (χ3v) is 2.58. The van der Waals surface area contributed by atoms with Crippen LogP contribution < -0.4 is 5.32 Å². The first-order valence-corrected chi connectivity index (χ1v) is 5.43. The molecule has 0 aliphatic heterocycles. The molecule has 15 heavy (non-hydrogen) atoms. The van der Waals surface area contributed by atoms with E-state index in [0.717, 1.165) is 11.4 Å². The smallest absolute Gasteiger partial charge is 0.220 e. The van der Waals surface area contributed by atoms with Crippen molar-refractivity contribution in [3.63, 3.8) is 0 Å². The lowest BCUT2D eigenvalue weighted by Crippen LogP contribution is -2.23. The maximum absolute atomic E-state index is 11.4. The van der Waals surface area contributed by atoms with Crippen molar-refractivity contribution in [2.45, 2.75) is 32.7 Å². The fourth-order valence-electron chi connectivity index (χ4n) is 1.54. The molecule has 0 radical (unpaired) electrons. The van der Waals surface area contributed by atoms with Gasteiger partial charge in [0.05, 0.1) is 12.2 Å². The molecular formula is C12H16N2O. The number of aryl methyl sites for hydroxylation is 1. The number of pyridine rings is 1. The average molecular weight is 204 g/mol. The first-order valence-electron chi connectivity index (χ1n) is 5.43. The second kappa shape index (κ2) is 4.43. The highest BCUT2D eigenvalue weighted by molar-refractivity contribution is 5.76. The number of aromatic nitrogens is 1. The van der Waals surface area contributed by atoms with E-state index in [4.69, 9.17) is 0 Å². The minimum Gasteiger partial charge on any atom is -0.350 e. The predicted octanol–water partition coefficient (Wildman–Crippen LogP) is 1.81. The molecule has 1 amide bonds. The Kier molecular flexibility index (Phi) is 2.99. The van der Waals surface area contributed by atoms with E-state index in [1.165, 1.54) is 12.8 Å². The molecule has 1 aromatic rings. The maximum Gasteiger partial charge on any atom is 0.220 e. The molecule has 80 valence electrons. The summed E-state index contributed by atoms with van der Waals surface area (Å²) in [6.07, 6.45) is 3.12. The van der Waals surface area contributed by atoms with E-state index in [9.17, 15) is 4.79 Å². The van der Waals surface area contributed by atoms with Gasteiger partial charge >= 0.3 is 0 Å². The molecule has 2 rings (SSSR count). The van der Waals surface area contributed by atoms with Crippen LogP contribution in [0.1, 0.15) is 30.7 Å². The van der Waals surface area contributed by atoms with E-state index in [0.29, 0.717) is 18.9 Å². The van der Waals surface area contributed by atoms with Crippen LogP contribution >= 0.6 is 0 Å². The monoisotopic (exact) mass is 204 g/mol. The lowest BCUT2D eigenvalue weighted by molar-refractivity contribution is -0.121. The molecule has 3 nitrogen and oxygen atoms in total. The summed E-state index contributed by atoms with van der Waals surface area (Å²) in [6, 6.07) is 5.85. The van der Waals surface area contributed by atoms with Crippen molar-refractivity contribution in [2.75, 3.05) is 0 Å². The van der Waals surface area contributed by atoms with Crippen LogP contribution in [-0.2, 0) is 11.3 Å². The Morgan fingerprint density at radius 3 is 3.00 bits per heavy atom. The molecule has 0 unspecified atom stereocenters. The highest BCUT2D eigenvalue weighted by Crippen LogP contribution is 2.32. The minimum atomic E-state index is 0.154. The lowest BCUT2D eigenvalue weighted by Gasteiger charge is -2.04. The Morgan fingerprint density at radius 1 is 1.53 bits per heavy atom. The third kappa shape index (κ3) is 3.35. The molecule has 0 bridgehead atoms. The van der Waals surface area contributed by atoms with E-state index in [1.807, 2.05) is 25.1 Å². The molecule has 1 fully saturated rings. The number of nitrogens with one attached hydrogen (secondary N) is 1. The van der Waals surface area contributed by atoms with Crippen molar-refractivity contribution in [1.82, 2.24) is 10.3 Å². The highest BCUT2D eigenvalue weighted by Gasteiger charge is 2.23. The second-order valence-corrected chi connectivity index (χ2v) is 4.19. The number of hydrogen-bond acceptors (Lipinski definition) is 2. The fourth-order valence-corrected chi connectivity index (χ4v) is 1.54. The molecule has 3 heteroatoms. The lowest BCUT2D eigenvalue weighted by atomic mass is 10.2. The molecular weight excluding hydrogens is 188 g/mol. The van der Waals surface area contributed by atoms with Crippen LogP contribution in [0.15, 0.2) is 18.2 Å². The van der Waals surface area contributed by atoms with E-state index in [-0.39, 0.29) is 5.91 Å². The quantitative estimate of drug-likeness (QED) is 0.812. The van der Waals surface area contributed by atoms with Gasteiger partial charge in [0.25, 0.3) is 0 Å². The van der Waals surface area contributed by atoms with Crippen molar-refractivity contribution in [2.24, 2.45) is 5.92 Å². The zero-order chi connectivity index (χ0) is 10.7. The molecule has 0 aromatic carbocycles. The number of carbonyl (C=O) groups excluding carboxylic acids is 1. The summed E-state index contributed by atoms with van der Waals surface area (Å²) >= 11 is 0. The van der Waals surface area contributed by atoms with Gasteiger partial charge in [-0.1, -0.05) is 6.07 Å². The molecule has 1 aromatic heterocycles. The van der Waals surface area contributed by atoms with Crippen LogP contribution in [0.4, 0.5) is 0 Å². The van der Waals surface area contributed by atoms with Gasteiger partial charge in [-0.3, -0.25) is 9.78 Å². The standard InChI is InChI=1S/C12H16N2O/c1-9-3-2-4-11(14-9)8-13-12(15)7-10-5-6-10/h2-4,10H,5-8H2,1H3,(H,13,15). The Morgan fingerprint density at radius 2 is 2.33 bits per heavy atom. The van der Waals surface area contributed by atoms with Gasteiger partial charge in [0.1, 0.15) is 0 Å². The molecule has 1 heterocycles. The van der Waals surface area contributed by atoms with Gasteiger partial charge in [0, 0.05) is 12.1 Å². The van der Waals surface area contributed by atoms with E-state index in [2.05, 4.69) is 10.3 Å². The predicted molar refractivity (Wildman–Crippen MR) is 58.2 cm³/mol. The van der Waals surface area contributed by atoms with Crippen LogP contribution in [0.25, 0.3) is 0 Å². The molecule has 1 aliphatic carbocycles. The van der Waals surface area contributed by atoms with E-state index < -0.39 is 0 Å². The van der Waals surface area contributed by atoms with Gasteiger partial charge in [0.15, 0.2) is 0 Å². The van der Waals surface area contributed by atoms with Crippen LogP contribution in [-0.4, -0.2) is 10.9 Å². The normalized spacial score (nSPS) is 15.0. The summed E-state index contributed by atoms with van der Waals surface area (Å²) < 4.78 is 0. The maximum atomic E-state index is 11.4. The summed E-state index contributed by atoms with van der Waals surface area (Å²) in [4.78, 5) is 15.7. The molecule has 1 saturated carbocycles. The van der Waals surface area contributed by atoms with Crippen LogP contribution in [0.5, 0.6) is 0 Å². The first kappa shape index (κ1) is 10.1. The number of nitrogens with zero attached hydrogens (tertiary/aromatic N) is 1. The van der Waals surface area contributed by atoms with Gasteiger partial charge in [0.2, 0.25) is 5.91 Å². The van der Waals surface area contributed by atoms with Crippen molar-refractivity contribution in [3.8, 4) is 0 Å². The third-order valence-electron chi connectivity index (χ3n) is 2.58. The first-order chi connectivity index (χ1) is 7.24. The topological polar surface area (TPSA) is 42.0 Å². The summed E-state index contributed by atoms with van der Waals surface area (Å²) in [5.41, 5.74) is 1.92. The largest absolute Gasteiger partial charge is 0.350 e. The van der Waals surface area contributed by atoms with E-state index in [1.54, 1.807) is 0 Å². The van der Waals surface area contributed by atoms with Gasteiger partial charge < -0.3 is 5.32 Å². The van der Waals surface area contributed by atoms with Gasteiger partial charge in [-0.15, -0.1) is 0 Å². The van der Waals surface area contributed by atoms with Crippen molar-refractivity contribution < 1.29 is 4.79 Å². The van der Waals surface area contributed by atoms with Crippen molar-refractivity contribution >= 4 is 5.91 Å². The van der Waals surface area contributed by atoms with Gasteiger partial charge in [-0.2, -0.15) is 0 Å². The Hall–Kier alpha value is -1.38. The zero-order valence-electron chi connectivity index (χ0n) is 8.99. The van der Waals surface area contributed by atoms with Crippen LogP contribution in [0.2, 0.25) is 0 Å². The van der Waals surface area contributed by atoms with E-state index >= 15 is 0 Å². The minimum absolute atomic E-state index is 0.154. The number of hydrogen-bond donors (Lipinski definition) is 1. The van der Waals surface area contributed by atoms with Crippen molar-refractivity contribution in [1.29, 1.82) is 0 Å². The Balaban J connectivity index is 1.78. The fraction of sp³-hybridized carbons (Fsp3) is 0.500. The van der Waals surface area contributed by atoms with Crippen LogP contribution in [0, 0.1) is 12.8 Å². The molecule has 1 N–H and O–H groups in total. The molecule has 0 saturated heterocycles. The van der Waals surface area contributed by atoms with Crippen molar-refractivity contribution in [3.05, 3.63) is 29.6 Å². The summed E-state index contributed by atoms with van der Waals surface area (Å²) in [7, 11) is 0. The van der Waals surface area contributed by atoms with Gasteiger partial charge in [-0.25, -0.2) is 0 Å². The summed E-state index contributed by atoms with van der Waals surface area (Å²) in [6.45, 7) is 2.50. The molecule has 1 aliphatic rings. The SMILES string of the molecule is Cc1cccc(CNC(=O)CC2CC2)n1. The number of rotatable bonds is 4. The zero-order valence-corrected chi connectivity index (χ0v) is 8.99. The molecule has 0 spiro atoms. The highest BCUT2D eigenvalue weighted by atomic mass is 16.1. The Labute approximate surface area is 89.9 Å². The average Bonchev–Trinajstić information content (AvgIpc) is 2.99. The molecule has 0 atom stereocenters. The summed E-state index contributed by atoms with van der Waals surface area (Å²) in [5, 5.41) is 2.90. The number of amides is 1.